The normalized spacial score (nSPS) is 10.5. The molecule has 2 aromatic heterocycles. The maximum absolute atomic E-state index is 12.9. The van der Waals surface area contributed by atoms with E-state index in [1.807, 2.05) is 12.1 Å². The van der Waals surface area contributed by atoms with E-state index in [-0.39, 0.29) is 22.5 Å². The molecular weight excluding hydrogens is 400 g/mol. The van der Waals surface area contributed by atoms with E-state index in [4.69, 9.17) is 14.5 Å². The highest BCUT2D eigenvalue weighted by atomic mass is 16.5. The third-order valence-corrected chi connectivity index (χ3v) is 4.61. The van der Waals surface area contributed by atoms with Gasteiger partial charge in [-0.05, 0) is 30.3 Å². The molecule has 0 aliphatic heterocycles. The van der Waals surface area contributed by atoms with Gasteiger partial charge in [0.25, 0.3) is 5.91 Å². The summed E-state index contributed by atoms with van der Waals surface area (Å²) in [6, 6.07) is 12.8. The Hall–Kier alpha value is -4.71. The molecule has 2 heterocycles. The van der Waals surface area contributed by atoms with Gasteiger partial charge in [-0.2, -0.15) is 5.26 Å². The molecular formula is C22H14N4O5. The minimum absolute atomic E-state index is 0.0245. The number of aromatic nitrogens is 2. The molecule has 0 saturated carbocycles. The number of fused-ring (bicyclic) bond motifs is 1. The van der Waals surface area contributed by atoms with Gasteiger partial charge >= 0.3 is 5.97 Å². The predicted molar refractivity (Wildman–Crippen MR) is 110 cm³/mol. The number of carbonyl (C=O) groups is 2. The topological polar surface area (TPSA) is 138 Å². The van der Waals surface area contributed by atoms with Crippen molar-refractivity contribution in [3.63, 3.8) is 0 Å². The van der Waals surface area contributed by atoms with Crippen LogP contribution < -0.4 is 10.1 Å². The Kier molecular flexibility index (Phi) is 5.03. The number of amides is 1. The summed E-state index contributed by atoms with van der Waals surface area (Å²) in [6.07, 6.45) is 3.30. The first-order valence-corrected chi connectivity index (χ1v) is 8.98. The van der Waals surface area contributed by atoms with E-state index < -0.39 is 11.9 Å². The monoisotopic (exact) mass is 414 g/mol. The Balaban J connectivity index is 1.76. The van der Waals surface area contributed by atoms with E-state index in [1.54, 1.807) is 30.6 Å². The van der Waals surface area contributed by atoms with Crippen molar-refractivity contribution >= 4 is 28.5 Å². The average Bonchev–Trinajstić information content (AvgIpc) is 3.21. The van der Waals surface area contributed by atoms with E-state index in [1.165, 1.54) is 25.3 Å². The fourth-order valence-corrected chi connectivity index (χ4v) is 3.13. The minimum atomic E-state index is -1.28. The first-order chi connectivity index (χ1) is 15.0. The Morgan fingerprint density at radius 1 is 1.23 bits per heavy atom. The third-order valence-electron chi connectivity index (χ3n) is 4.61. The number of nitrogens with zero attached hydrogens (tertiary/aromatic N) is 3. The third kappa shape index (κ3) is 3.65. The van der Waals surface area contributed by atoms with Crippen LogP contribution in [0.25, 0.3) is 22.1 Å². The zero-order chi connectivity index (χ0) is 22.0. The van der Waals surface area contributed by atoms with Gasteiger partial charge in [0.05, 0.1) is 35.4 Å². The van der Waals surface area contributed by atoms with Crippen molar-refractivity contribution in [2.45, 2.75) is 0 Å². The van der Waals surface area contributed by atoms with Crippen LogP contribution >= 0.6 is 0 Å². The molecule has 0 radical (unpaired) electrons. The zero-order valence-corrected chi connectivity index (χ0v) is 16.1. The molecule has 1 amide bonds. The SMILES string of the molecule is COc1cc2onc(C(=O)Nc3ccc(C#N)cc3C(=O)O)c2cc1-c1cccnc1. The van der Waals surface area contributed by atoms with E-state index in [0.717, 1.165) is 5.56 Å². The number of carboxylic acids is 1. The van der Waals surface area contributed by atoms with Crippen molar-refractivity contribution in [3.8, 4) is 22.9 Å². The van der Waals surface area contributed by atoms with Crippen molar-refractivity contribution in [3.05, 3.63) is 71.7 Å². The second kappa shape index (κ2) is 7.96. The molecule has 0 bridgehead atoms. The van der Waals surface area contributed by atoms with Gasteiger partial charge < -0.3 is 19.7 Å². The summed E-state index contributed by atoms with van der Waals surface area (Å²) in [7, 11) is 1.52. The summed E-state index contributed by atoms with van der Waals surface area (Å²) in [6.45, 7) is 0. The zero-order valence-electron chi connectivity index (χ0n) is 16.1. The first kappa shape index (κ1) is 19.6. The van der Waals surface area contributed by atoms with E-state index in [0.29, 0.717) is 22.3 Å². The van der Waals surface area contributed by atoms with Gasteiger partial charge in [0.15, 0.2) is 11.3 Å². The quantitative estimate of drug-likeness (QED) is 0.504. The van der Waals surface area contributed by atoms with Gasteiger partial charge in [-0.3, -0.25) is 9.78 Å². The average molecular weight is 414 g/mol. The number of aromatic carboxylic acids is 1. The van der Waals surface area contributed by atoms with Crippen LogP contribution in [-0.2, 0) is 0 Å². The summed E-state index contributed by atoms with van der Waals surface area (Å²) in [4.78, 5) is 28.5. The lowest BCUT2D eigenvalue weighted by Crippen LogP contribution is -2.15. The number of hydrogen-bond donors (Lipinski definition) is 2. The lowest BCUT2D eigenvalue weighted by Gasteiger charge is -2.09. The van der Waals surface area contributed by atoms with Crippen molar-refractivity contribution < 1.29 is 24.0 Å². The molecule has 0 spiro atoms. The lowest BCUT2D eigenvalue weighted by atomic mass is 10.0. The number of ether oxygens (including phenoxy) is 1. The van der Waals surface area contributed by atoms with Crippen molar-refractivity contribution in [1.82, 2.24) is 10.1 Å². The van der Waals surface area contributed by atoms with Gasteiger partial charge in [-0.25, -0.2) is 4.79 Å². The molecule has 0 aliphatic carbocycles. The molecule has 9 nitrogen and oxygen atoms in total. The standard InChI is InChI=1S/C22H14N4O5/c1-30-18-9-19-16(8-14(18)13-3-2-6-24-11-13)20(26-31-19)21(27)25-17-5-4-12(10-23)7-15(17)22(28)29/h2-9,11H,1H3,(H,25,27)(H,28,29). The number of nitrogens with one attached hydrogen (secondary N) is 1. The highest BCUT2D eigenvalue weighted by Gasteiger charge is 2.21. The molecule has 0 aliphatic rings. The summed E-state index contributed by atoms with van der Waals surface area (Å²) < 4.78 is 10.7. The molecule has 0 atom stereocenters. The summed E-state index contributed by atoms with van der Waals surface area (Å²) in [5.74, 6) is -1.42. The van der Waals surface area contributed by atoms with Crippen molar-refractivity contribution in [2.24, 2.45) is 0 Å². The fourth-order valence-electron chi connectivity index (χ4n) is 3.13. The van der Waals surface area contributed by atoms with Crippen LogP contribution in [0.15, 0.2) is 59.4 Å². The second-order valence-electron chi connectivity index (χ2n) is 6.45. The Labute approximate surface area is 175 Å². The molecule has 31 heavy (non-hydrogen) atoms. The largest absolute Gasteiger partial charge is 0.496 e. The van der Waals surface area contributed by atoms with E-state index >= 15 is 0 Å². The first-order valence-electron chi connectivity index (χ1n) is 8.98. The number of rotatable bonds is 5. The second-order valence-corrected chi connectivity index (χ2v) is 6.45. The maximum atomic E-state index is 12.9. The minimum Gasteiger partial charge on any atom is -0.496 e. The number of benzene rings is 2. The van der Waals surface area contributed by atoms with Gasteiger partial charge in [0.1, 0.15) is 5.75 Å². The predicted octanol–water partition coefficient (Wildman–Crippen LogP) is 3.72. The number of carbonyl (C=O) groups excluding carboxylic acids is 1. The smallest absolute Gasteiger partial charge is 0.337 e. The van der Waals surface area contributed by atoms with Crippen LogP contribution in [0.2, 0.25) is 0 Å². The van der Waals surface area contributed by atoms with Crippen LogP contribution in [-0.4, -0.2) is 34.2 Å². The molecule has 0 saturated heterocycles. The summed E-state index contributed by atoms with van der Waals surface area (Å²) >= 11 is 0. The molecule has 4 aromatic rings. The number of methoxy groups -OCH3 is 1. The Morgan fingerprint density at radius 2 is 2.06 bits per heavy atom. The highest BCUT2D eigenvalue weighted by molar-refractivity contribution is 6.13. The molecule has 0 fully saturated rings. The Bertz CT molecular complexity index is 1360. The van der Waals surface area contributed by atoms with E-state index in [2.05, 4.69) is 15.5 Å². The summed E-state index contributed by atoms with van der Waals surface area (Å²) in [5, 5.41) is 25.2. The number of hydrogen-bond acceptors (Lipinski definition) is 7. The Morgan fingerprint density at radius 3 is 2.74 bits per heavy atom. The highest BCUT2D eigenvalue weighted by Crippen LogP contribution is 2.35. The van der Waals surface area contributed by atoms with Gasteiger partial charge in [-0.15, -0.1) is 0 Å². The molecule has 4 rings (SSSR count). The molecule has 9 heteroatoms. The van der Waals surface area contributed by atoms with Gasteiger partial charge in [-0.1, -0.05) is 11.2 Å². The van der Waals surface area contributed by atoms with Crippen LogP contribution in [0, 0.1) is 11.3 Å². The van der Waals surface area contributed by atoms with Gasteiger partial charge in [0.2, 0.25) is 0 Å². The van der Waals surface area contributed by atoms with Crippen molar-refractivity contribution in [2.75, 3.05) is 12.4 Å². The molecule has 152 valence electrons. The van der Waals surface area contributed by atoms with Crippen LogP contribution in [0.3, 0.4) is 0 Å². The number of nitriles is 1. The number of anilines is 1. The molecule has 2 N–H and O–H groups in total. The van der Waals surface area contributed by atoms with Crippen LogP contribution in [0.5, 0.6) is 5.75 Å². The lowest BCUT2D eigenvalue weighted by molar-refractivity contribution is 0.0698. The number of pyridine rings is 1. The van der Waals surface area contributed by atoms with Crippen molar-refractivity contribution in [1.29, 1.82) is 5.26 Å². The van der Waals surface area contributed by atoms with Crippen LogP contribution in [0.1, 0.15) is 26.4 Å². The van der Waals surface area contributed by atoms with Gasteiger partial charge in [0, 0.05) is 29.6 Å². The van der Waals surface area contributed by atoms with Crippen LogP contribution in [0.4, 0.5) is 5.69 Å². The molecule has 0 unspecified atom stereocenters. The number of carboxylic acid groups (broad SMARTS) is 1. The van der Waals surface area contributed by atoms with E-state index in [9.17, 15) is 14.7 Å². The summed E-state index contributed by atoms with van der Waals surface area (Å²) in [5.41, 5.74) is 1.75. The maximum Gasteiger partial charge on any atom is 0.337 e. The fraction of sp³-hybridized carbons (Fsp3) is 0.0455. The molecule has 2 aromatic carbocycles.